The number of benzene rings is 1. The molecule has 0 unspecified atom stereocenters. The van der Waals surface area contributed by atoms with Gasteiger partial charge in [-0.15, -0.1) is 0 Å². The zero-order valence-electron chi connectivity index (χ0n) is 12.5. The predicted octanol–water partition coefficient (Wildman–Crippen LogP) is 2.65. The van der Waals surface area contributed by atoms with Gasteiger partial charge in [-0.3, -0.25) is 0 Å². The van der Waals surface area contributed by atoms with Crippen LogP contribution in [0.15, 0.2) is 24.3 Å². The van der Waals surface area contributed by atoms with Crippen molar-refractivity contribution in [2.24, 2.45) is 0 Å². The van der Waals surface area contributed by atoms with E-state index in [1.807, 2.05) is 0 Å². The molecular weight excluding hydrogens is 234 g/mol. The van der Waals surface area contributed by atoms with E-state index in [0.717, 1.165) is 12.4 Å². The highest BCUT2D eigenvalue weighted by atomic mass is 16.5. The van der Waals surface area contributed by atoms with E-state index < -0.39 is 0 Å². The van der Waals surface area contributed by atoms with Gasteiger partial charge < -0.3 is 9.64 Å². The summed E-state index contributed by atoms with van der Waals surface area (Å²) in [5, 5.41) is 0. The minimum Gasteiger partial charge on any atom is -0.494 e. The van der Waals surface area contributed by atoms with Crippen LogP contribution in [0.25, 0.3) is 0 Å². The average molecular weight is 262 g/mol. The summed E-state index contributed by atoms with van der Waals surface area (Å²) in [6, 6.07) is 8.55. The van der Waals surface area contributed by atoms with Gasteiger partial charge in [-0.2, -0.15) is 0 Å². The second-order valence-corrected chi connectivity index (χ2v) is 5.99. The maximum Gasteiger partial charge on any atom is 0.119 e. The molecule has 0 atom stereocenters. The molecule has 1 aliphatic rings. The van der Waals surface area contributed by atoms with E-state index in [0.29, 0.717) is 5.92 Å². The van der Waals surface area contributed by atoms with Crippen LogP contribution in [0.2, 0.25) is 0 Å². The molecule has 1 heterocycles. The monoisotopic (exact) mass is 262 g/mol. The molecule has 1 aromatic rings. The van der Waals surface area contributed by atoms with Gasteiger partial charge in [-0.25, -0.2) is 0 Å². The summed E-state index contributed by atoms with van der Waals surface area (Å²) in [5.74, 6) is 1.61. The van der Waals surface area contributed by atoms with E-state index in [9.17, 15) is 0 Å². The zero-order valence-corrected chi connectivity index (χ0v) is 12.5. The summed E-state index contributed by atoms with van der Waals surface area (Å²) in [6.07, 6.45) is 5.32. The molecule has 1 fully saturated rings. The molecule has 1 aliphatic heterocycles. The third-order valence-electron chi connectivity index (χ3n) is 4.05. The minimum absolute atomic E-state index is 0.595. The lowest BCUT2D eigenvalue weighted by atomic mass is 10.0. The molecule has 19 heavy (non-hydrogen) atoms. The quantitative estimate of drug-likeness (QED) is 0.746. The van der Waals surface area contributed by atoms with Crippen molar-refractivity contribution < 1.29 is 9.64 Å². The highest BCUT2D eigenvalue weighted by Gasteiger charge is 2.13. The van der Waals surface area contributed by atoms with E-state index in [1.165, 1.54) is 50.9 Å². The van der Waals surface area contributed by atoms with Crippen molar-refractivity contribution >= 4 is 0 Å². The van der Waals surface area contributed by atoms with Crippen molar-refractivity contribution in [3.05, 3.63) is 29.8 Å². The van der Waals surface area contributed by atoms with E-state index in [-0.39, 0.29) is 0 Å². The van der Waals surface area contributed by atoms with Crippen LogP contribution in [0.5, 0.6) is 5.75 Å². The van der Waals surface area contributed by atoms with Gasteiger partial charge >= 0.3 is 0 Å². The van der Waals surface area contributed by atoms with Gasteiger partial charge in [0.05, 0.1) is 26.2 Å². The van der Waals surface area contributed by atoms with Crippen LogP contribution < -0.4 is 9.64 Å². The zero-order chi connectivity index (χ0) is 13.5. The molecule has 1 aromatic carbocycles. The highest BCUT2D eigenvalue weighted by molar-refractivity contribution is 5.28. The van der Waals surface area contributed by atoms with Gasteiger partial charge in [-0.1, -0.05) is 26.0 Å². The lowest BCUT2D eigenvalue weighted by Gasteiger charge is -2.12. The molecule has 0 spiro atoms. The summed E-state index contributed by atoms with van der Waals surface area (Å²) in [5.41, 5.74) is 1.38. The maximum absolute atomic E-state index is 5.80. The van der Waals surface area contributed by atoms with Crippen molar-refractivity contribution in [2.45, 2.75) is 45.4 Å². The molecular formula is C17H28NO+. The van der Waals surface area contributed by atoms with E-state index in [1.54, 1.807) is 4.90 Å². The standard InChI is InChI=1S/C17H27NO/c1-15(2)16-7-9-17(10-8-16)19-14-6-5-13-18-11-3-4-12-18/h7-10,15H,3-6,11-14H2,1-2H3/p+1. The maximum atomic E-state index is 5.80. The smallest absolute Gasteiger partial charge is 0.119 e. The van der Waals surface area contributed by atoms with Crippen LogP contribution in [0.1, 0.15) is 51.0 Å². The Morgan fingerprint density at radius 1 is 1.05 bits per heavy atom. The largest absolute Gasteiger partial charge is 0.494 e. The average Bonchev–Trinajstić information content (AvgIpc) is 2.92. The molecule has 1 N–H and O–H groups in total. The fraction of sp³-hybridized carbons (Fsp3) is 0.647. The van der Waals surface area contributed by atoms with Crippen LogP contribution in [0, 0.1) is 0 Å². The number of nitrogens with one attached hydrogen (secondary N) is 1. The van der Waals surface area contributed by atoms with Crippen molar-refractivity contribution in [1.82, 2.24) is 0 Å². The molecule has 0 aliphatic carbocycles. The highest BCUT2D eigenvalue weighted by Crippen LogP contribution is 2.18. The lowest BCUT2D eigenvalue weighted by molar-refractivity contribution is -0.887. The number of ether oxygens (including phenoxy) is 1. The molecule has 2 heteroatoms. The first-order valence-electron chi connectivity index (χ1n) is 7.82. The fourth-order valence-electron chi connectivity index (χ4n) is 2.74. The van der Waals surface area contributed by atoms with Crippen LogP contribution in [-0.2, 0) is 0 Å². The predicted molar refractivity (Wildman–Crippen MR) is 80.1 cm³/mol. The van der Waals surface area contributed by atoms with Gasteiger partial charge in [0.1, 0.15) is 5.75 Å². The molecule has 2 rings (SSSR count). The molecule has 0 aromatic heterocycles. The van der Waals surface area contributed by atoms with Crippen molar-refractivity contribution in [3.8, 4) is 5.75 Å². The molecule has 0 saturated carbocycles. The van der Waals surface area contributed by atoms with Crippen LogP contribution in [-0.4, -0.2) is 26.2 Å². The number of rotatable bonds is 7. The number of likely N-dealkylation sites (tertiary alicyclic amines) is 1. The van der Waals surface area contributed by atoms with Crippen LogP contribution >= 0.6 is 0 Å². The van der Waals surface area contributed by atoms with Gasteiger partial charge in [0.15, 0.2) is 0 Å². The topological polar surface area (TPSA) is 13.7 Å². The van der Waals surface area contributed by atoms with Gasteiger partial charge in [-0.05, 0) is 36.5 Å². The Morgan fingerprint density at radius 3 is 2.37 bits per heavy atom. The SMILES string of the molecule is CC(C)c1ccc(OCCCC[NH+]2CCCC2)cc1. The van der Waals surface area contributed by atoms with Crippen molar-refractivity contribution in [2.75, 3.05) is 26.2 Å². The number of hydrogen-bond acceptors (Lipinski definition) is 1. The number of quaternary nitrogens is 1. The first kappa shape index (κ1) is 14.4. The first-order valence-corrected chi connectivity index (χ1v) is 7.82. The molecule has 106 valence electrons. The molecule has 2 nitrogen and oxygen atoms in total. The van der Waals surface area contributed by atoms with Crippen molar-refractivity contribution in [1.29, 1.82) is 0 Å². The van der Waals surface area contributed by atoms with Crippen LogP contribution in [0.4, 0.5) is 0 Å². The third kappa shape index (κ3) is 4.87. The molecule has 0 radical (unpaired) electrons. The Labute approximate surface area is 117 Å². The van der Waals surface area contributed by atoms with E-state index in [2.05, 4.69) is 38.1 Å². The van der Waals surface area contributed by atoms with E-state index in [4.69, 9.17) is 4.74 Å². The summed E-state index contributed by atoms with van der Waals surface area (Å²) in [7, 11) is 0. The molecule has 1 saturated heterocycles. The summed E-state index contributed by atoms with van der Waals surface area (Å²) < 4.78 is 5.80. The number of hydrogen-bond donors (Lipinski definition) is 1. The summed E-state index contributed by atoms with van der Waals surface area (Å²) >= 11 is 0. The van der Waals surface area contributed by atoms with Crippen molar-refractivity contribution in [3.63, 3.8) is 0 Å². The third-order valence-corrected chi connectivity index (χ3v) is 4.05. The molecule has 0 amide bonds. The Bertz CT molecular complexity index is 352. The Kier molecular flexibility index (Phi) is 5.71. The second kappa shape index (κ2) is 7.54. The summed E-state index contributed by atoms with van der Waals surface area (Å²) in [6.45, 7) is 9.39. The Balaban J connectivity index is 1.59. The normalized spacial score (nSPS) is 16.2. The molecule has 0 bridgehead atoms. The first-order chi connectivity index (χ1) is 9.25. The van der Waals surface area contributed by atoms with E-state index >= 15 is 0 Å². The van der Waals surface area contributed by atoms with Gasteiger partial charge in [0.25, 0.3) is 0 Å². The Morgan fingerprint density at radius 2 is 1.74 bits per heavy atom. The van der Waals surface area contributed by atoms with Gasteiger partial charge in [0.2, 0.25) is 0 Å². The fourth-order valence-corrected chi connectivity index (χ4v) is 2.74. The second-order valence-electron chi connectivity index (χ2n) is 5.99. The van der Waals surface area contributed by atoms with Gasteiger partial charge in [0, 0.05) is 12.8 Å². The summed E-state index contributed by atoms with van der Waals surface area (Å²) in [4.78, 5) is 1.79. The van der Waals surface area contributed by atoms with Crippen LogP contribution in [0.3, 0.4) is 0 Å². The minimum atomic E-state index is 0.595. The Hall–Kier alpha value is -1.02. The number of unbranched alkanes of at least 4 members (excludes halogenated alkanes) is 1. The lowest BCUT2D eigenvalue weighted by Crippen LogP contribution is -3.09.